The van der Waals surface area contributed by atoms with Crippen molar-refractivity contribution in [3.05, 3.63) is 0 Å². The van der Waals surface area contributed by atoms with Crippen LogP contribution in [0.15, 0.2) is 0 Å². The van der Waals surface area contributed by atoms with Gasteiger partial charge in [-0.3, -0.25) is 9.59 Å². The summed E-state index contributed by atoms with van der Waals surface area (Å²) in [5.74, 6) is 0.831. The first kappa shape index (κ1) is 12.4. The minimum Gasteiger partial charge on any atom is -0.300 e. The number of ketones is 2. The molecule has 1 saturated carbocycles. The van der Waals surface area contributed by atoms with Crippen LogP contribution in [0.3, 0.4) is 0 Å². The minimum atomic E-state index is -0.261. The maximum absolute atomic E-state index is 12.1. The SMILES string of the molecule is CC(=O)C1CCCC(C(=O)C(C)(C)C)C1. The zero-order valence-corrected chi connectivity index (χ0v) is 10.3. The van der Waals surface area contributed by atoms with Crippen molar-refractivity contribution in [3.63, 3.8) is 0 Å². The van der Waals surface area contributed by atoms with Gasteiger partial charge in [0.25, 0.3) is 0 Å². The molecule has 15 heavy (non-hydrogen) atoms. The summed E-state index contributed by atoms with van der Waals surface area (Å²) in [5, 5.41) is 0. The average molecular weight is 210 g/mol. The van der Waals surface area contributed by atoms with E-state index in [-0.39, 0.29) is 23.0 Å². The molecular weight excluding hydrogens is 188 g/mol. The van der Waals surface area contributed by atoms with E-state index in [0.717, 1.165) is 25.7 Å². The molecule has 0 spiro atoms. The summed E-state index contributed by atoms with van der Waals surface area (Å²) in [7, 11) is 0. The molecule has 0 aromatic heterocycles. The summed E-state index contributed by atoms with van der Waals surface area (Å²) in [5.41, 5.74) is -0.261. The van der Waals surface area contributed by atoms with Gasteiger partial charge >= 0.3 is 0 Å². The molecule has 86 valence electrons. The molecule has 0 aliphatic heterocycles. The highest BCUT2D eigenvalue weighted by Gasteiger charge is 2.34. The van der Waals surface area contributed by atoms with E-state index in [1.807, 2.05) is 20.8 Å². The molecule has 0 saturated heterocycles. The number of rotatable bonds is 2. The number of Topliss-reactive ketones (excluding diaryl/α,β-unsaturated/α-hetero) is 2. The van der Waals surface area contributed by atoms with Crippen LogP contribution in [0.1, 0.15) is 53.4 Å². The quantitative estimate of drug-likeness (QED) is 0.702. The molecule has 2 atom stereocenters. The van der Waals surface area contributed by atoms with Gasteiger partial charge in [0.05, 0.1) is 0 Å². The fraction of sp³-hybridized carbons (Fsp3) is 0.846. The smallest absolute Gasteiger partial charge is 0.141 e. The number of carbonyl (C=O) groups excluding carboxylic acids is 2. The minimum absolute atomic E-state index is 0.118. The molecule has 1 aliphatic carbocycles. The van der Waals surface area contributed by atoms with Gasteiger partial charge in [-0.25, -0.2) is 0 Å². The Balaban J connectivity index is 2.64. The molecule has 0 aromatic rings. The summed E-state index contributed by atoms with van der Waals surface area (Å²) in [6, 6.07) is 0. The molecule has 1 aliphatic rings. The number of carbonyl (C=O) groups is 2. The van der Waals surface area contributed by atoms with Gasteiger partial charge in [0.1, 0.15) is 11.6 Å². The standard InChI is InChI=1S/C13H22O2/c1-9(14)10-6-5-7-11(8-10)12(15)13(2,3)4/h10-11H,5-8H2,1-4H3. The van der Waals surface area contributed by atoms with Crippen molar-refractivity contribution in [2.24, 2.45) is 17.3 Å². The van der Waals surface area contributed by atoms with Crippen LogP contribution in [-0.2, 0) is 9.59 Å². The van der Waals surface area contributed by atoms with Crippen LogP contribution in [0.2, 0.25) is 0 Å². The third-order valence-corrected chi connectivity index (χ3v) is 3.36. The lowest BCUT2D eigenvalue weighted by molar-refractivity contribution is -0.133. The van der Waals surface area contributed by atoms with Gasteiger partial charge < -0.3 is 0 Å². The van der Waals surface area contributed by atoms with Gasteiger partial charge in [-0.1, -0.05) is 27.2 Å². The van der Waals surface area contributed by atoms with E-state index in [4.69, 9.17) is 0 Å². The highest BCUT2D eigenvalue weighted by Crippen LogP contribution is 2.34. The number of hydrogen-bond donors (Lipinski definition) is 0. The lowest BCUT2D eigenvalue weighted by atomic mass is 9.72. The zero-order valence-electron chi connectivity index (χ0n) is 10.3. The highest BCUT2D eigenvalue weighted by molar-refractivity contribution is 5.87. The Morgan fingerprint density at radius 3 is 2.07 bits per heavy atom. The fourth-order valence-electron chi connectivity index (χ4n) is 2.41. The van der Waals surface area contributed by atoms with Gasteiger partial charge in [0.2, 0.25) is 0 Å². The summed E-state index contributed by atoms with van der Waals surface area (Å²) >= 11 is 0. The van der Waals surface area contributed by atoms with Crippen LogP contribution < -0.4 is 0 Å². The lowest BCUT2D eigenvalue weighted by Crippen LogP contribution is -2.33. The predicted molar refractivity (Wildman–Crippen MR) is 60.6 cm³/mol. The van der Waals surface area contributed by atoms with Gasteiger partial charge in [-0.2, -0.15) is 0 Å². The fourth-order valence-corrected chi connectivity index (χ4v) is 2.41. The van der Waals surface area contributed by atoms with Crippen molar-refractivity contribution < 1.29 is 9.59 Å². The molecule has 0 amide bonds. The van der Waals surface area contributed by atoms with Gasteiger partial charge in [-0.05, 0) is 26.2 Å². The Bertz CT molecular complexity index is 260. The monoisotopic (exact) mass is 210 g/mol. The van der Waals surface area contributed by atoms with E-state index in [2.05, 4.69) is 0 Å². The van der Waals surface area contributed by atoms with Crippen molar-refractivity contribution in [3.8, 4) is 0 Å². The van der Waals surface area contributed by atoms with Crippen molar-refractivity contribution in [1.29, 1.82) is 0 Å². The van der Waals surface area contributed by atoms with E-state index in [1.165, 1.54) is 0 Å². The third-order valence-electron chi connectivity index (χ3n) is 3.36. The summed E-state index contributed by atoms with van der Waals surface area (Å²) in [4.78, 5) is 23.4. The Kier molecular flexibility index (Phi) is 3.69. The van der Waals surface area contributed by atoms with Crippen molar-refractivity contribution >= 4 is 11.6 Å². The summed E-state index contributed by atoms with van der Waals surface area (Å²) < 4.78 is 0. The van der Waals surface area contributed by atoms with Crippen LogP contribution in [-0.4, -0.2) is 11.6 Å². The van der Waals surface area contributed by atoms with Gasteiger partial charge in [-0.15, -0.1) is 0 Å². The molecule has 0 radical (unpaired) electrons. The van der Waals surface area contributed by atoms with Gasteiger partial charge in [0, 0.05) is 17.3 Å². The molecule has 0 heterocycles. The maximum atomic E-state index is 12.1. The third kappa shape index (κ3) is 3.15. The molecule has 2 unspecified atom stereocenters. The van der Waals surface area contributed by atoms with Crippen LogP contribution in [0.25, 0.3) is 0 Å². The van der Waals surface area contributed by atoms with E-state index in [1.54, 1.807) is 6.92 Å². The molecule has 0 N–H and O–H groups in total. The molecule has 1 rings (SSSR count). The predicted octanol–water partition coefficient (Wildman–Crippen LogP) is 3.00. The Labute approximate surface area is 92.4 Å². The second kappa shape index (κ2) is 4.46. The molecule has 2 nitrogen and oxygen atoms in total. The molecule has 2 heteroatoms. The number of hydrogen-bond acceptors (Lipinski definition) is 2. The first-order chi connectivity index (χ1) is 6.82. The maximum Gasteiger partial charge on any atom is 0.141 e. The first-order valence-corrected chi connectivity index (χ1v) is 5.87. The lowest BCUT2D eigenvalue weighted by Gasteiger charge is -2.31. The molecule has 1 fully saturated rings. The van der Waals surface area contributed by atoms with Crippen LogP contribution in [0, 0.1) is 17.3 Å². The van der Waals surface area contributed by atoms with Crippen molar-refractivity contribution in [1.82, 2.24) is 0 Å². The molecule has 0 bridgehead atoms. The topological polar surface area (TPSA) is 34.1 Å². The van der Waals surface area contributed by atoms with Crippen molar-refractivity contribution in [2.75, 3.05) is 0 Å². The second-order valence-corrected chi connectivity index (χ2v) is 5.79. The Hall–Kier alpha value is -0.660. The Morgan fingerprint density at radius 2 is 1.60 bits per heavy atom. The largest absolute Gasteiger partial charge is 0.300 e. The molecule has 0 aromatic carbocycles. The van der Waals surface area contributed by atoms with E-state index < -0.39 is 0 Å². The molecular formula is C13H22O2. The normalized spacial score (nSPS) is 27.5. The van der Waals surface area contributed by atoms with Crippen LogP contribution >= 0.6 is 0 Å². The average Bonchev–Trinajstić information content (AvgIpc) is 2.15. The Morgan fingerprint density at radius 1 is 1.07 bits per heavy atom. The summed E-state index contributed by atoms with van der Waals surface area (Å²) in [6.45, 7) is 7.54. The van der Waals surface area contributed by atoms with Crippen LogP contribution in [0.4, 0.5) is 0 Å². The first-order valence-electron chi connectivity index (χ1n) is 5.87. The van der Waals surface area contributed by atoms with Crippen LogP contribution in [0.5, 0.6) is 0 Å². The van der Waals surface area contributed by atoms with Gasteiger partial charge in [0.15, 0.2) is 0 Å². The van der Waals surface area contributed by atoms with E-state index in [0.29, 0.717) is 5.78 Å². The summed E-state index contributed by atoms with van der Waals surface area (Å²) in [6.07, 6.45) is 3.76. The highest BCUT2D eigenvalue weighted by atomic mass is 16.1. The second-order valence-electron chi connectivity index (χ2n) is 5.79. The zero-order chi connectivity index (χ0) is 11.6. The van der Waals surface area contributed by atoms with E-state index >= 15 is 0 Å². The van der Waals surface area contributed by atoms with Crippen molar-refractivity contribution in [2.45, 2.75) is 53.4 Å². The van der Waals surface area contributed by atoms with E-state index in [9.17, 15) is 9.59 Å².